The monoisotopic (exact) mass is 571 g/mol. The van der Waals surface area contributed by atoms with Crippen molar-refractivity contribution in [2.45, 2.75) is 12.3 Å². The Bertz CT molecular complexity index is 1100. The standard InChI is InChI=1S/C20H16FI2N3/c1-20(11-22,12-23)19-17(21)18(14-4-2-3-5-15(14)25-19)26-9-7-13-10-24-8-6-16(13)26/h2-10H,11-12H2,1H3. The average Bonchev–Trinajstić information content (AvgIpc) is 3.10. The molecule has 0 aliphatic rings. The Labute approximate surface area is 178 Å². The van der Waals surface area contributed by atoms with Crippen LogP contribution in [0.3, 0.4) is 0 Å². The molecule has 0 aliphatic heterocycles. The van der Waals surface area contributed by atoms with Crippen LogP contribution in [0.15, 0.2) is 55.0 Å². The largest absolute Gasteiger partial charge is 0.313 e. The summed E-state index contributed by atoms with van der Waals surface area (Å²) >= 11 is 4.65. The molecule has 1 aromatic carbocycles. The molecular weight excluding hydrogens is 555 g/mol. The van der Waals surface area contributed by atoms with Crippen molar-refractivity contribution in [2.24, 2.45) is 0 Å². The number of aromatic nitrogens is 3. The maximum Gasteiger partial charge on any atom is 0.169 e. The van der Waals surface area contributed by atoms with Gasteiger partial charge in [-0.1, -0.05) is 70.3 Å². The number of hydrogen-bond acceptors (Lipinski definition) is 2. The van der Waals surface area contributed by atoms with E-state index in [0.29, 0.717) is 11.4 Å². The highest BCUT2D eigenvalue weighted by Crippen LogP contribution is 2.36. The molecule has 3 aromatic heterocycles. The van der Waals surface area contributed by atoms with Gasteiger partial charge in [-0.3, -0.25) is 4.98 Å². The molecule has 3 heterocycles. The molecule has 0 bridgehead atoms. The lowest BCUT2D eigenvalue weighted by atomic mass is 9.90. The normalized spacial score (nSPS) is 12.2. The zero-order valence-electron chi connectivity index (χ0n) is 14.1. The molecule has 0 spiro atoms. The molecule has 0 amide bonds. The summed E-state index contributed by atoms with van der Waals surface area (Å²) in [5.74, 6) is -0.242. The topological polar surface area (TPSA) is 30.7 Å². The average molecular weight is 571 g/mol. The van der Waals surface area contributed by atoms with E-state index in [-0.39, 0.29) is 11.2 Å². The highest BCUT2D eigenvalue weighted by molar-refractivity contribution is 14.1. The smallest absolute Gasteiger partial charge is 0.169 e. The van der Waals surface area contributed by atoms with Crippen LogP contribution < -0.4 is 0 Å². The second-order valence-electron chi connectivity index (χ2n) is 6.59. The Balaban J connectivity index is 2.13. The molecule has 4 aromatic rings. The maximum atomic E-state index is 15.9. The van der Waals surface area contributed by atoms with E-state index in [4.69, 9.17) is 4.98 Å². The first-order chi connectivity index (χ1) is 12.6. The van der Waals surface area contributed by atoms with Crippen LogP contribution >= 0.6 is 45.2 Å². The molecule has 4 rings (SSSR count). The fraction of sp³-hybridized carbons (Fsp3) is 0.200. The number of nitrogens with zero attached hydrogens (tertiary/aromatic N) is 3. The van der Waals surface area contributed by atoms with Crippen LogP contribution in [0, 0.1) is 5.82 Å². The van der Waals surface area contributed by atoms with E-state index in [0.717, 1.165) is 30.7 Å². The number of benzene rings is 1. The summed E-state index contributed by atoms with van der Waals surface area (Å²) in [4.78, 5) is 8.90. The minimum absolute atomic E-state index is 0.242. The summed E-state index contributed by atoms with van der Waals surface area (Å²) in [7, 11) is 0. The number of alkyl halides is 2. The zero-order valence-corrected chi connectivity index (χ0v) is 18.4. The molecule has 0 saturated carbocycles. The number of fused-ring (bicyclic) bond motifs is 2. The number of rotatable bonds is 4. The van der Waals surface area contributed by atoms with E-state index in [1.807, 2.05) is 47.2 Å². The first kappa shape index (κ1) is 18.1. The third-order valence-electron chi connectivity index (χ3n) is 4.70. The van der Waals surface area contributed by atoms with Crippen LogP contribution in [0.4, 0.5) is 4.39 Å². The lowest BCUT2D eigenvalue weighted by molar-refractivity contribution is 0.525. The Morgan fingerprint density at radius 1 is 1.12 bits per heavy atom. The zero-order chi connectivity index (χ0) is 18.3. The summed E-state index contributed by atoms with van der Waals surface area (Å²) in [6, 6.07) is 11.6. The molecule has 0 radical (unpaired) electrons. The van der Waals surface area contributed by atoms with Crippen molar-refractivity contribution >= 4 is 67.0 Å². The minimum atomic E-state index is -0.325. The van der Waals surface area contributed by atoms with Gasteiger partial charge in [0.2, 0.25) is 0 Å². The molecule has 3 nitrogen and oxygen atoms in total. The van der Waals surface area contributed by atoms with Gasteiger partial charge in [0.1, 0.15) is 0 Å². The van der Waals surface area contributed by atoms with E-state index >= 15 is 4.39 Å². The SMILES string of the molecule is CC(CI)(CI)c1nc2ccccc2c(-n2ccc3cnccc32)c1F. The Hall–Kier alpha value is -1.29. The van der Waals surface area contributed by atoms with Crippen molar-refractivity contribution in [3.63, 3.8) is 0 Å². The summed E-state index contributed by atoms with van der Waals surface area (Å²) < 4.78 is 19.4. The number of halogens is 3. The molecule has 6 heteroatoms. The van der Waals surface area contributed by atoms with Gasteiger partial charge >= 0.3 is 0 Å². The minimum Gasteiger partial charge on any atom is -0.313 e. The van der Waals surface area contributed by atoms with Gasteiger partial charge in [-0.15, -0.1) is 0 Å². The Kier molecular flexibility index (Phi) is 4.89. The van der Waals surface area contributed by atoms with E-state index in [1.54, 1.807) is 12.4 Å². The van der Waals surface area contributed by atoms with Gasteiger partial charge in [-0.2, -0.15) is 0 Å². The van der Waals surface area contributed by atoms with Crippen molar-refractivity contribution in [2.75, 3.05) is 8.86 Å². The van der Waals surface area contributed by atoms with E-state index < -0.39 is 0 Å². The third-order valence-corrected chi connectivity index (χ3v) is 8.07. The van der Waals surface area contributed by atoms with Gasteiger partial charge in [0.05, 0.1) is 22.4 Å². The third kappa shape index (κ3) is 2.81. The second kappa shape index (κ2) is 7.03. The van der Waals surface area contributed by atoms with Crippen molar-refractivity contribution in [3.05, 3.63) is 66.5 Å². The van der Waals surface area contributed by atoms with E-state index in [1.165, 1.54) is 0 Å². The lowest BCUT2D eigenvalue weighted by Gasteiger charge is -2.26. The first-order valence-corrected chi connectivity index (χ1v) is 11.3. The van der Waals surface area contributed by atoms with Crippen molar-refractivity contribution in [1.29, 1.82) is 0 Å². The molecule has 0 N–H and O–H groups in total. The van der Waals surface area contributed by atoms with E-state index in [9.17, 15) is 0 Å². The van der Waals surface area contributed by atoms with Crippen LogP contribution in [-0.4, -0.2) is 23.4 Å². The van der Waals surface area contributed by atoms with Crippen molar-refractivity contribution in [1.82, 2.24) is 14.5 Å². The summed E-state index contributed by atoms with van der Waals surface area (Å²) in [6.45, 7) is 2.08. The molecule has 0 unspecified atom stereocenters. The first-order valence-electron chi connectivity index (χ1n) is 8.21. The van der Waals surface area contributed by atoms with Gasteiger partial charge in [0.25, 0.3) is 0 Å². The molecule has 132 valence electrons. The number of para-hydroxylation sites is 1. The molecule has 0 aliphatic carbocycles. The molecule has 0 saturated heterocycles. The van der Waals surface area contributed by atoms with Gasteiger partial charge in [-0.05, 0) is 18.2 Å². The number of pyridine rings is 2. The van der Waals surface area contributed by atoms with Crippen molar-refractivity contribution < 1.29 is 4.39 Å². The van der Waals surface area contributed by atoms with Crippen LogP contribution in [0.5, 0.6) is 0 Å². The molecule has 0 atom stereocenters. The maximum absolute atomic E-state index is 15.9. The van der Waals surface area contributed by atoms with Crippen LogP contribution in [-0.2, 0) is 5.41 Å². The quantitative estimate of drug-likeness (QED) is 0.228. The predicted molar refractivity (Wildman–Crippen MR) is 121 cm³/mol. The summed E-state index contributed by atoms with van der Waals surface area (Å²) in [6.07, 6.45) is 5.45. The molecular formula is C20H16FI2N3. The molecule has 26 heavy (non-hydrogen) atoms. The van der Waals surface area contributed by atoms with Gasteiger partial charge in [-0.25, -0.2) is 9.37 Å². The number of hydrogen-bond donors (Lipinski definition) is 0. The summed E-state index contributed by atoms with van der Waals surface area (Å²) in [5.41, 5.74) is 2.52. The Morgan fingerprint density at radius 3 is 2.65 bits per heavy atom. The fourth-order valence-electron chi connectivity index (χ4n) is 3.15. The van der Waals surface area contributed by atoms with Crippen LogP contribution in [0.2, 0.25) is 0 Å². The van der Waals surface area contributed by atoms with Crippen LogP contribution in [0.1, 0.15) is 12.6 Å². The fourth-order valence-corrected chi connectivity index (χ4v) is 5.44. The van der Waals surface area contributed by atoms with Crippen molar-refractivity contribution in [3.8, 4) is 5.69 Å². The van der Waals surface area contributed by atoms with Gasteiger partial charge in [0.15, 0.2) is 5.82 Å². The highest BCUT2D eigenvalue weighted by Gasteiger charge is 2.32. The molecule has 0 fully saturated rings. The van der Waals surface area contributed by atoms with Gasteiger partial charge < -0.3 is 4.57 Å². The Morgan fingerprint density at radius 2 is 1.88 bits per heavy atom. The predicted octanol–water partition coefficient (Wildman–Crippen LogP) is 5.84. The summed E-state index contributed by atoms with van der Waals surface area (Å²) in [5, 5.41) is 1.80. The van der Waals surface area contributed by atoms with Crippen LogP contribution in [0.25, 0.3) is 27.5 Å². The highest BCUT2D eigenvalue weighted by atomic mass is 127. The van der Waals surface area contributed by atoms with E-state index in [2.05, 4.69) is 57.1 Å². The van der Waals surface area contributed by atoms with Gasteiger partial charge in [0, 0.05) is 43.6 Å². The second-order valence-corrected chi connectivity index (χ2v) is 8.11. The lowest BCUT2D eigenvalue weighted by Crippen LogP contribution is -2.29.